The highest BCUT2D eigenvalue weighted by molar-refractivity contribution is 5.89. The van der Waals surface area contributed by atoms with Crippen LogP contribution in [0.5, 0.6) is 0 Å². The topological polar surface area (TPSA) is 61.4 Å². The Morgan fingerprint density at radius 2 is 2.11 bits per heavy atom. The fourth-order valence-corrected chi connectivity index (χ4v) is 1.96. The normalized spacial score (nSPS) is 13.7. The predicted octanol–water partition coefficient (Wildman–Crippen LogP) is 3.44. The molecule has 0 aromatic heterocycles. The molecule has 0 aliphatic heterocycles. The number of hydrogen-bond donors (Lipinski definition) is 3. The summed E-state index contributed by atoms with van der Waals surface area (Å²) in [7, 11) is 0. The van der Waals surface area contributed by atoms with Crippen molar-refractivity contribution >= 4 is 11.7 Å². The van der Waals surface area contributed by atoms with E-state index >= 15 is 0 Å². The van der Waals surface area contributed by atoms with Gasteiger partial charge < -0.3 is 15.7 Å². The Morgan fingerprint density at radius 3 is 2.68 bits per heavy atom. The molecule has 0 radical (unpaired) electrons. The molecular weight excluding hydrogens is 240 g/mol. The van der Waals surface area contributed by atoms with Crippen molar-refractivity contribution in [1.29, 1.82) is 0 Å². The number of urea groups is 1. The molecule has 1 rings (SSSR count). The van der Waals surface area contributed by atoms with Gasteiger partial charge in [-0.05, 0) is 37.5 Å². The number of anilines is 1. The van der Waals surface area contributed by atoms with Gasteiger partial charge in [-0.15, -0.1) is 0 Å². The number of aliphatic hydroxyl groups is 1. The van der Waals surface area contributed by atoms with Crippen molar-refractivity contribution in [2.24, 2.45) is 0 Å². The van der Waals surface area contributed by atoms with Crippen LogP contribution in [0.1, 0.15) is 51.7 Å². The van der Waals surface area contributed by atoms with Crippen LogP contribution in [0.25, 0.3) is 0 Å². The average molecular weight is 264 g/mol. The molecular formula is C15H24N2O2. The molecule has 0 heterocycles. The van der Waals surface area contributed by atoms with Gasteiger partial charge >= 0.3 is 6.03 Å². The Balaban J connectivity index is 2.58. The molecule has 0 bridgehead atoms. The van der Waals surface area contributed by atoms with Crippen LogP contribution in [0.15, 0.2) is 24.3 Å². The lowest BCUT2D eigenvalue weighted by atomic mass is 10.1. The fourth-order valence-electron chi connectivity index (χ4n) is 1.96. The first-order valence-electron chi connectivity index (χ1n) is 6.92. The lowest BCUT2D eigenvalue weighted by molar-refractivity contribution is 0.199. The van der Waals surface area contributed by atoms with E-state index in [0.717, 1.165) is 24.8 Å². The molecule has 3 N–H and O–H groups in total. The van der Waals surface area contributed by atoms with Crippen LogP contribution < -0.4 is 10.6 Å². The van der Waals surface area contributed by atoms with Crippen molar-refractivity contribution < 1.29 is 9.90 Å². The highest BCUT2D eigenvalue weighted by Gasteiger charge is 2.10. The molecule has 0 aliphatic carbocycles. The molecule has 0 saturated carbocycles. The maximum absolute atomic E-state index is 11.9. The second-order valence-electron chi connectivity index (χ2n) is 4.79. The van der Waals surface area contributed by atoms with Gasteiger partial charge in [0.1, 0.15) is 0 Å². The SMILES string of the molecule is CCCC(CC)NC(=O)Nc1cccc(C(C)O)c1. The van der Waals surface area contributed by atoms with Crippen molar-refractivity contribution in [3.63, 3.8) is 0 Å². The summed E-state index contributed by atoms with van der Waals surface area (Å²) in [5.41, 5.74) is 1.49. The van der Waals surface area contributed by atoms with Crippen LogP contribution in [0.2, 0.25) is 0 Å². The first-order chi connectivity index (χ1) is 9.06. The zero-order valence-electron chi connectivity index (χ0n) is 11.9. The van der Waals surface area contributed by atoms with Crippen molar-refractivity contribution in [2.45, 2.75) is 52.2 Å². The third-order valence-electron chi connectivity index (χ3n) is 3.09. The number of aliphatic hydroxyl groups excluding tert-OH is 1. The summed E-state index contributed by atoms with van der Waals surface area (Å²) in [5, 5.41) is 15.3. The third kappa shape index (κ3) is 5.30. The zero-order valence-corrected chi connectivity index (χ0v) is 11.9. The van der Waals surface area contributed by atoms with Gasteiger partial charge in [0.05, 0.1) is 6.10 Å². The van der Waals surface area contributed by atoms with E-state index < -0.39 is 6.10 Å². The summed E-state index contributed by atoms with van der Waals surface area (Å²) in [6, 6.07) is 7.27. The third-order valence-corrected chi connectivity index (χ3v) is 3.09. The van der Waals surface area contributed by atoms with Crippen LogP contribution in [-0.2, 0) is 0 Å². The van der Waals surface area contributed by atoms with E-state index in [2.05, 4.69) is 24.5 Å². The van der Waals surface area contributed by atoms with Crippen molar-refractivity contribution in [1.82, 2.24) is 5.32 Å². The van der Waals surface area contributed by atoms with Crippen molar-refractivity contribution in [3.8, 4) is 0 Å². The van der Waals surface area contributed by atoms with E-state index in [9.17, 15) is 9.90 Å². The maximum atomic E-state index is 11.9. The highest BCUT2D eigenvalue weighted by Crippen LogP contribution is 2.16. The molecule has 0 saturated heterocycles. The summed E-state index contributed by atoms with van der Waals surface area (Å²) in [4.78, 5) is 11.9. The molecule has 2 unspecified atom stereocenters. The molecule has 0 fully saturated rings. The minimum Gasteiger partial charge on any atom is -0.389 e. The molecule has 1 aromatic carbocycles. The number of nitrogens with one attached hydrogen (secondary N) is 2. The predicted molar refractivity (Wildman–Crippen MR) is 78.2 cm³/mol. The number of carbonyl (C=O) groups excluding carboxylic acids is 1. The molecule has 2 atom stereocenters. The Bertz CT molecular complexity index is 405. The highest BCUT2D eigenvalue weighted by atomic mass is 16.3. The maximum Gasteiger partial charge on any atom is 0.319 e. The number of rotatable bonds is 6. The van der Waals surface area contributed by atoms with Gasteiger partial charge in [-0.3, -0.25) is 0 Å². The number of hydrogen-bond acceptors (Lipinski definition) is 2. The smallest absolute Gasteiger partial charge is 0.319 e. The minimum absolute atomic E-state index is 0.192. The lowest BCUT2D eigenvalue weighted by Crippen LogP contribution is -2.37. The lowest BCUT2D eigenvalue weighted by Gasteiger charge is -2.17. The monoisotopic (exact) mass is 264 g/mol. The number of amides is 2. The second-order valence-corrected chi connectivity index (χ2v) is 4.79. The molecule has 4 heteroatoms. The first-order valence-corrected chi connectivity index (χ1v) is 6.92. The molecule has 106 valence electrons. The Hall–Kier alpha value is -1.55. The van der Waals surface area contributed by atoms with Gasteiger partial charge in [0, 0.05) is 11.7 Å². The second kappa shape index (κ2) is 7.79. The van der Waals surface area contributed by atoms with Gasteiger partial charge in [-0.1, -0.05) is 32.4 Å². The molecule has 1 aromatic rings. The number of benzene rings is 1. The largest absolute Gasteiger partial charge is 0.389 e. The van der Waals surface area contributed by atoms with Crippen LogP contribution >= 0.6 is 0 Å². The fraction of sp³-hybridized carbons (Fsp3) is 0.533. The van der Waals surface area contributed by atoms with E-state index in [0.29, 0.717) is 5.69 Å². The molecule has 0 spiro atoms. The molecule has 0 aliphatic rings. The van der Waals surface area contributed by atoms with Crippen LogP contribution in [-0.4, -0.2) is 17.2 Å². The van der Waals surface area contributed by atoms with Gasteiger partial charge in [0.2, 0.25) is 0 Å². The standard InChI is InChI=1S/C15H24N2O2/c1-4-7-13(5-2)16-15(19)17-14-9-6-8-12(10-14)11(3)18/h6,8-11,13,18H,4-5,7H2,1-3H3,(H2,16,17,19). The van der Waals surface area contributed by atoms with E-state index in [1.54, 1.807) is 13.0 Å². The first kappa shape index (κ1) is 15.5. The Labute approximate surface area is 115 Å². The summed E-state index contributed by atoms with van der Waals surface area (Å²) in [6.07, 6.45) is 2.43. The van der Waals surface area contributed by atoms with Gasteiger partial charge in [-0.25, -0.2) is 4.79 Å². The summed E-state index contributed by atoms with van der Waals surface area (Å²) >= 11 is 0. The van der Waals surface area contributed by atoms with Crippen molar-refractivity contribution in [3.05, 3.63) is 29.8 Å². The summed E-state index contributed by atoms with van der Waals surface area (Å²) in [5.74, 6) is 0. The van der Waals surface area contributed by atoms with Crippen LogP contribution in [0.4, 0.5) is 10.5 Å². The number of carbonyl (C=O) groups is 1. The summed E-state index contributed by atoms with van der Waals surface area (Å²) in [6.45, 7) is 5.87. The van der Waals surface area contributed by atoms with E-state index in [4.69, 9.17) is 0 Å². The van der Waals surface area contributed by atoms with Crippen molar-refractivity contribution in [2.75, 3.05) is 5.32 Å². The van der Waals surface area contributed by atoms with E-state index in [1.165, 1.54) is 0 Å². The van der Waals surface area contributed by atoms with Crippen LogP contribution in [0.3, 0.4) is 0 Å². The zero-order chi connectivity index (χ0) is 14.3. The Morgan fingerprint density at radius 1 is 1.37 bits per heavy atom. The van der Waals surface area contributed by atoms with Crippen LogP contribution in [0, 0.1) is 0 Å². The van der Waals surface area contributed by atoms with E-state index in [-0.39, 0.29) is 12.1 Å². The van der Waals surface area contributed by atoms with E-state index in [1.807, 2.05) is 18.2 Å². The average Bonchev–Trinajstić information content (AvgIpc) is 2.38. The minimum atomic E-state index is -0.534. The van der Waals surface area contributed by atoms with Gasteiger partial charge in [-0.2, -0.15) is 0 Å². The molecule has 2 amide bonds. The Kier molecular flexibility index (Phi) is 6.36. The molecule has 19 heavy (non-hydrogen) atoms. The van der Waals surface area contributed by atoms with Gasteiger partial charge in [0.25, 0.3) is 0 Å². The summed E-state index contributed by atoms with van der Waals surface area (Å²) < 4.78 is 0. The van der Waals surface area contributed by atoms with Gasteiger partial charge in [0.15, 0.2) is 0 Å². The molecule has 4 nitrogen and oxygen atoms in total. The quantitative estimate of drug-likeness (QED) is 0.737.